The van der Waals surface area contributed by atoms with Crippen molar-refractivity contribution in [3.05, 3.63) is 29.8 Å². The van der Waals surface area contributed by atoms with E-state index in [4.69, 9.17) is 4.74 Å². The van der Waals surface area contributed by atoms with Crippen molar-refractivity contribution < 1.29 is 14.3 Å². The molecule has 1 unspecified atom stereocenters. The zero-order valence-electron chi connectivity index (χ0n) is 14.4. The van der Waals surface area contributed by atoms with Crippen LogP contribution in [0.2, 0.25) is 0 Å². The smallest absolute Gasteiger partial charge is 0.222 e. The summed E-state index contributed by atoms with van der Waals surface area (Å²) in [5, 5.41) is 3.16. The monoisotopic (exact) mass is 354 g/mol. The number of ether oxygens (including phenoxy) is 1. The number of halogens is 1. The Kier molecular flexibility index (Phi) is 8.79. The average molecular weight is 355 g/mol. The first-order valence-electron chi connectivity index (χ1n) is 8.23. The highest BCUT2D eigenvalue weighted by atomic mass is 35.5. The van der Waals surface area contributed by atoms with Gasteiger partial charge in [-0.05, 0) is 56.6 Å². The standard InChI is InChI=1S/C18H26N2O3.ClH/c1-19-12-14-10-11-20(13-14)18(22)5-3-4-17(21)15-6-8-16(23-2)9-7-15;/h6-9,14,19H,3-5,10-13H2,1-2H3;1H. The molecule has 0 aromatic heterocycles. The van der Waals surface area contributed by atoms with E-state index in [0.717, 1.165) is 31.8 Å². The number of carbonyl (C=O) groups excluding carboxylic acids is 2. The minimum absolute atomic E-state index is 0. The van der Waals surface area contributed by atoms with Crippen LogP contribution < -0.4 is 10.1 Å². The number of rotatable bonds is 8. The van der Waals surface area contributed by atoms with Crippen LogP contribution in [0.25, 0.3) is 0 Å². The molecular formula is C18H27ClN2O3. The van der Waals surface area contributed by atoms with Gasteiger partial charge in [0, 0.05) is 31.5 Å². The molecule has 1 aliphatic rings. The molecule has 1 aromatic rings. The van der Waals surface area contributed by atoms with Crippen molar-refractivity contribution >= 4 is 24.1 Å². The molecule has 0 bridgehead atoms. The van der Waals surface area contributed by atoms with Gasteiger partial charge in [-0.2, -0.15) is 0 Å². The molecule has 0 saturated carbocycles. The van der Waals surface area contributed by atoms with Crippen molar-refractivity contribution in [2.24, 2.45) is 5.92 Å². The molecule has 1 N–H and O–H groups in total. The Morgan fingerprint density at radius 1 is 1.25 bits per heavy atom. The Morgan fingerprint density at radius 3 is 2.58 bits per heavy atom. The summed E-state index contributed by atoms with van der Waals surface area (Å²) in [6, 6.07) is 7.10. The third kappa shape index (κ3) is 5.80. The first kappa shape index (κ1) is 20.5. The second-order valence-electron chi connectivity index (χ2n) is 6.06. The Bertz CT molecular complexity index is 534. The van der Waals surface area contributed by atoms with Crippen molar-refractivity contribution in [3.63, 3.8) is 0 Å². The topological polar surface area (TPSA) is 58.6 Å². The maximum Gasteiger partial charge on any atom is 0.222 e. The molecule has 1 saturated heterocycles. The summed E-state index contributed by atoms with van der Waals surface area (Å²) in [5.74, 6) is 1.55. The van der Waals surface area contributed by atoms with Gasteiger partial charge in [0.2, 0.25) is 5.91 Å². The average Bonchev–Trinajstić information content (AvgIpc) is 3.04. The third-order valence-corrected chi connectivity index (χ3v) is 4.34. The fraction of sp³-hybridized carbons (Fsp3) is 0.556. The van der Waals surface area contributed by atoms with Gasteiger partial charge in [-0.1, -0.05) is 0 Å². The molecule has 1 aromatic carbocycles. The molecule has 0 aliphatic carbocycles. The lowest BCUT2D eigenvalue weighted by Crippen LogP contribution is -2.30. The summed E-state index contributed by atoms with van der Waals surface area (Å²) in [7, 11) is 3.54. The number of benzene rings is 1. The van der Waals surface area contributed by atoms with Crippen LogP contribution in [0.15, 0.2) is 24.3 Å². The summed E-state index contributed by atoms with van der Waals surface area (Å²) >= 11 is 0. The van der Waals surface area contributed by atoms with E-state index < -0.39 is 0 Å². The number of hydrogen-bond donors (Lipinski definition) is 1. The molecule has 5 nitrogen and oxygen atoms in total. The summed E-state index contributed by atoms with van der Waals surface area (Å²) in [6.45, 7) is 2.64. The van der Waals surface area contributed by atoms with Crippen molar-refractivity contribution in [3.8, 4) is 5.75 Å². The van der Waals surface area contributed by atoms with Gasteiger partial charge in [-0.3, -0.25) is 9.59 Å². The first-order valence-corrected chi connectivity index (χ1v) is 8.23. The van der Waals surface area contributed by atoms with Gasteiger partial charge in [-0.15, -0.1) is 12.4 Å². The third-order valence-electron chi connectivity index (χ3n) is 4.34. The van der Waals surface area contributed by atoms with E-state index in [1.807, 2.05) is 11.9 Å². The molecule has 1 fully saturated rings. The number of carbonyl (C=O) groups is 2. The summed E-state index contributed by atoms with van der Waals surface area (Å²) in [4.78, 5) is 26.2. The number of nitrogens with zero attached hydrogens (tertiary/aromatic N) is 1. The van der Waals surface area contributed by atoms with Crippen molar-refractivity contribution in [1.29, 1.82) is 0 Å². The summed E-state index contributed by atoms with van der Waals surface area (Å²) in [6.07, 6.45) is 2.54. The van der Waals surface area contributed by atoms with E-state index in [-0.39, 0.29) is 24.1 Å². The van der Waals surface area contributed by atoms with Crippen LogP contribution >= 0.6 is 12.4 Å². The Balaban J connectivity index is 0.00000288. The number of amides is 1. The minimum Gasteiger partial charge on any atom is -0.497 e. The molecule has 1 atom stereocenters. The van der Waals surface area contributed by atoms with Gasteiger partial charge in [-0.25, -0.2) is 0 Å². The van der Waals surface area contributed by atoms with Crippen LogP contribution in [0.1, 0.15) is 36.0 Å². The number of ketones is 1. The quantitative estimate of drug-likeness (QED) is 0.729. The highest BCUT2D eigenvalue weighted by molar-refractivity contribution is 5.96. The first-order chi connectivity index (χ1) is 11.1. The molecule has 1 heterocycles. The van der Waals surface area contributed by atoms with Crippen LogP contribution in [0.5, 0.6) is 5.75 Å². The number of hydrogen-bond acceptors (Lipinski definition) is 4. The van der Waals surface area contributed by atoms with Crippen molar-refractivity contribution in [1.82, 2.24) is 10.2 Å². The van der Waals surface area contributed by atoms with Gasteiger partial charge in [0.1, 0.15) is 5.75 Å². The highest BCUT2D eigenvalue weighted by Crippen LogP contribution is 2.18. The molecule has 0 radical (unpaired) electrons. The van der Waals surface area contributed by atoms with E-state index in [1.54, 1.807) is 31.4 Å². The van der Waals surface area contributed by atoms with Gasteiger partial charge >= 0.3 is 0 Å². The second-order valence-corrected chi connectivity index (χ2v) is 6.06. The lowest BCUT2D eigenvalue weighted by molar-refractivity contribution is -0.130. The number of nitrogens with one attached hydrogen (secondary N) is 1. The minimum atomic E-state index is 0. The van der Waals surface area contributed by atoms with Gasteiger partial charge in [0.15, 0.2) is 5.78 Å². The summed E-state index contributed by atoms with van der Waals surface area (Å²) < 4.78 is 5.08. The number of Topliss-reactive ketones (excluding diaryl/α,β-unsaturated/α-hetero) is 1. The molecule has 24 heavy (non-hydrogen) atoms. The SMILES string of the molecule is CNCC1CCN(C(=O)CCCC(=O)c2ccc(OC)cc2)C1.Cl. The maximum absolute atomic E-state index is 12.2. The predicted molar refractivity (Wildman–Crippen MR) is 97.0 cm³/mol. The van der Waals surface area contributed by atoms with Crippen molar-refractivity contribution in [2.45, 2.75) is 25.7 Å². The maximum atomic E-state index is 12.2. The predicted octanol–water partition coefficient (Wildman–Crippen LogP) is 2.54. The van der Waals surface area contributed by atoms with Gasteiger partial charge < -0.3 is 15.0 Å². The van der Waals surface area contributed by atoms with Crippen LogP contribution in [0, 0.1) is 5.92 Å². The van der Waals surface area contributed by atoms with E-state index in [0.29, 0.717) is 30.7 Å². The highest BCUT2D eigenvalue weighted by Gasteiger charge is 2.25. The Morgan fingerprint density at radius 2 is 1.96 bits per heavy atom. The fourth-order valence-electron chi connectivity index (χ4n) is 2.99. The van der Waals surface area contributed by atoms with Crippen LogP contribution in [-0.4, -0.2) is 50.4 Å². The van der Waals surface area contributed by atoms with E-state index in [2.05, 4.69) is 5.32 Å². The van der Waals surface area contributed by atoms with E-state index in [9.17, 15) is 9.59 Å². The lowest BCUT2D eigenvalue weighted by Gasteiger charge is -2.16. The van der Waals surface area contributed by atoms with Crippen molar-refractivity contribution in [2.75, 3.05) is 33.8 Å². The molecule has 1 amide bonds. The zero-order valence-corrected chi connectivity index (χ0v) is 15.2. The largest absolute Gasteiger partial charge is 0.497 e. The molecular weight excluding hydrogens is 328 g/mol. The molecule has 1 aliphatic heterocycles. The Hall–Kier alpha value is -1.59. The fourth-order valence-corrected chi connectivity index (χ4v) is 2.99. The Labute approximate surface area is 150 Å². The molecule has 6 heteroatoms. The molecule has 0 spiro atoms. The zero-order chi connectivity index (χ0) is 16.7. The molecule has 134 valence electrons. The van der Waals surface area contributed by atoms with Crippen LogP contribution in [0.4, 0.5) is 0 Å². The van der Waals surface area contributed by atoms with Crippen LogP contribution in [-0.2, 0) is 4.79 Å². The second kappa shape index (κ2) is 10.3. The number of likely N-dealkylation sites (tertiary alicyclic amines) is 1. The number of methoxy groups -OCH3 is 1. The van der Waals surface area contributed by atoms with E-state index in [1.165, 1.54) is 0 Å². The normalized spacial score (nSPS) is 16.6. The van der Waals surface area contributed by atoms with Gasteiger partial charge in [0.05, 0.1) is 7.11 Å². The lowest BCUT2D eigenvalue weighted by atomic mass is 10.1. The summed E-state index contributed by atoms with van der Waals surface area (Å²) in [5.41, 5.74) is 0.675. The molecule has 2 rings (SSSR count). The van der Waals surface area contributed by atoms with Gasteiger partial charge in [0.25, 0.3) is 0 Å². The van der Waals surface area contributed by atoms with Crippen LogP contribution in [0.3, 0.4) is 0 Å². The van der Waals surface area contributed by atoms with E-state index >= 15 is 0 Å².